The summed E-state index contributed by atoms with van der Waals surface area (Å²) in [6.07, 6.45) is 0. The van der Waals surface area contributed by atoms with E-state index in [0.717, 1.165) is 0 Å². The summed E-state index contributed by atoms with van der Waals surface area (Å²) in [7, 11) is 0. The van der Waals surface area contributed by atoms with Gasteiger partial charge in [0.1, 0.15) is 12.4 Å². The molecule has 0 heterocycles. The van der Waals surface area contributed by atoms with Crippen LogP contribution < -0.4 is 4.74 Å². The smallest absolute Gasteiger partial charge is 0.336 e. The Labute approximate surface area is 138 Å². The summed E-state index contributed by atoms with van der Waals surface area (Å²) in [4.78, 5) is 22.2. The van der Waals surface area contributed by atoms with Crippen LogP contribution in [0.5, 0.6) is 5.75 Å². The van der Waals surface area contributed by atoms with Crippen molar-refractivity contribution in [3.8, 4) is 5.75 Å². The molecular weight excluding hydrogens is 320 g/mol. The van der Waals surface area contributed by atoms with Crippen molar-refractivity contribution in [3.05, 3.63) is 64.2 Å². The van der Waals surface area contributed by atoms with E-state index in [2.05, 4.69) is 0 Å². The number of aromatic carboxylic acids is 1. The summed E-state index contributed by atoms with van der Waals surface area (Å²) in [5.74, 6) is -2.18. The fourth-order valence-electron chi connectivity index (χ4n) is 2.05. The first-order valence-corrected chi connectivity index (χ1v) is 7.23. The van der Waals surface area contributed by atoms with Gasteiger partial charge in [-0.2, -0.15) is 0 Å². The summed E-state index contributed by atoms with van der Waals surface area (Å²) < 4.78 is 5.59. The monoisotopic (exact) mass is 334 g/mol. The van der Waals surface area contributed by atoms with Gasteiger partial charge in [-0.25, -0.2) is 4.79 Å². The molecule has 2 rings (SSSR count). The second-order valence-corrected chi connectivity index (χ2v) is 5.46. The SMILES string of the molecule is C[C@@H](C(=O)O)c1cccc(OCc2ccc(Cl)cc2C(=O)O)c1. The second-order valence-electron chi connectivity index (χ2n) is 5.03. The van der Waals surface area contributed by atoms with Gasteiger partial charge in [0, 0.05) is 10.6 Å². The summed E-state index contributed by atoms with van der Waals surface area (Å²) in [5.41, 5.74) is 1.18. The van der Waals surface area contributed by atoms with E-state index in [9.17, 15) is 14.7 Å². The summed E-state index contributed by atoms with van der Waals surface area (Å²) in [6, 6.07) is 11.3. The van der Waals surface area contributed by atoms with Crippen LogP contribution in [0.15, 0.2) is 42.5 Å². The molecule has 23 heavy (non-hydrogen) atoms. The molecule has 0 spiro atoms. The molecule has 6 heteroatoms. The summed E-state index contributed by atoms with van der Waals surface area (Å²) in [5, 5.41) is 18.6. The Bertz CT molecular complexity index is 742. The van der Waals surface area contributed by atoms with E-state index in [0.29, 0.717) is 21.9 Å². The minimum absolute atomic E-state index is 0.0453. The molecule has 0 aromatic heterocycles. The number of aliphatic carboxylic acids is 1. The van der Waals surface area contributed by atoms with Gasteiger partial charge < -0.3 is 14.9 Å². The highest BCUT2D eigenvalue weighted by Crippen LogP contribution is 2.23. The first kappa shape index (κ1) is 16.8. The highest BCUT2D eigenvalue weighted by molar-refractivity contribution is 6.30. The van der Waals surface area contributed by atoms with Gasteiger partial charge in [-0.15, -0.1) is 0 Å². The first-order chi connectivity index (χ1) is 10.9. The maximum Gasteiger partial charge on any atom is 0.336 e. The number of benzene rings is 2. The maximum atomic E-state index is 11.2. The van der Waals surface area contributed by atoms with E-state index in [1.165, 1.54) is 6.07 Å². The standard InChI is InChI=1S/C17H15ClO5/c1-10(16(19)20)11-3-2-4-14(7-11)23-9-12-5-6-13(18)8-15(12)17(21)22/h2-8,10H,9H2,1H3,(H,19,20)(H,21,22)/t10-/m1/s1. The van der Waals surface area contributed by atoms with Crippen LogP contribution in [0.2, 0.25) is 5.02 Å². The Balaban J connectivity index is 2.17. The molecule has 0 bridgehead atoms. The number of halogens is 1. The summed E-state index contributed by atoms with van der Waals surface area (Å²) in [6.45, 7) is 1.63. The predicted octanol–water partition coefficient (Wildman–Crippen LogP) is 3.81. The number of rotatable bonds is 6. The van der Waals surface area contributed by atoms with Gasteiger partial charge in [0.15, 0.2) is 0 Å². The van der Waals surface area contributed by atoms with Crippen LogP contribution in [0, 0.1) is 0 Å². The van der Waals surface area contributed by atoms with Crippen molar-refractivity contribution >= 4 is 23.5 Å². The Morgan fingerprint density at radius 1 is 1.17 bits per heavy atom. The lowest BCUT2D eigenvalue weighted by atomic mass is 10.0. The van der Waals surface area contributed by atoms with Crippen LogP contribution in [-0.2, 0) is 11.4 Å². The maximum absolute atomic E-state index is 11.2. The van der Waals surface area contributed by atoms with Gasteiger partial charge in [-0.3, -0.25) is 4.79 Å². The van der Waals surface area contributed by atoms with Gasteiger partial charge in [0.25, 0.3) is 0 Å². The van der Waals surface area contributed by atoms with E-state index >= 15 is 0 Å². The highest BCUT2D eigenvalue weighted by atomic mass is 35.5. The molecule has 0 aliphatic carbocycles. The highest BCUT2D eigenvalue weighted by Gasteiger charge is 2.15. The number of hydrogen-bond donors (Lipinski definition) is 2. The molecule has 1 atom stereocenters. The molecule has 0 amide bonds. The lowest BCUT2D eigenvalue weighted by molar-refractivity contribution is -0.138. The number of ether oxygens (including phenoxy) is 1. The number of carboxylic acid groups (broad SMARTS) is 2. The molecule has 120 valence electrons. The molecule has 0 unspecified atom stereocenters. The van der Waals surface area contributed by atoms with Crippen LogP contribution >= 0.6 is 11.6 Å². The van der Waals surface area contributed by atoms with Crippen molar-refractivity contribution in [1.29, 1.82) is 0 Å². The zero-order valence-electron chi connectivity index (χ0n) is 12.3. The number of carbonyl (C=O) groups is 2. The molecule has 0 saturated carbocycles. The van der Waals surface area contributed by atoms with Crippen molar-refractivity contribution in [2.24, 2.45) is 0 Å². The van der Waals surface area contributed by atoms with Crippen LogP contribution in [0.25, 0.3) is 0 Å². The molecule has 2 aromatic rings. The van der Waals surface area contributed by atoms with Gasteiger partial charge in [-0.05, 0) is 36.8 Å². The third-order valence-electron chi connectivity index (χ3n) is 3.43. The van der Waals surface area contributed by atoms with Crippen molar-refractivity contribution < 1.29 is 24.5 Å². The van der Waals surface area contributed by atoms with Crippen molar-refractivity contribution in [3.63, 3.8) is 0 Å². The Morgan fingerprint density at radius 2 is 1.91 bits per heavy atom. The number of carboxylic acids is 2. The zero-order valence-corrected chi connectivity index (χ0v) is 13.1. The van der Waals surface area contributed by atoms with Gasteiger partial charge in [0.2, 0.25) is 0 Å². The average molecular weight is 335 g/mol. The molecule has 2 aromatic carbocycles. The Hall–Kier alpha value is -2.53. The number of hydrogen-bond acceptors (Lipinski definition) is 3. The van der Waals surface area contributed by atoms with Gasteiger partial charge in [0.05, 0.1) is 11.5 Å². The van der Waals surface area contributed by atoms with Crippen molar-refractivity contribution in [2.75, 3.05) is 0 Å². The molecule has 0 saturated heterocycles. The van der Waals surface area contributed by atoms with Gasteiger partial charge >= 0.3 is 11.9 Å². The second kappa shape index (κ2) is 7.15. The van der Waals surface area contributed by atoms with E-state index in [1.54, 1.807) is 43.3 Å². The third kappa shape index (κ3) is 4.23. The van der Waals surface area contributed by atoms with E-state index in [-0.39, 0.29) is 12.2 Å². The lowest BCUT2D eigenvalue weighted by Gasteiger charge is -2.12. The molecule has 0 fully saturated rings. The van der Waals surface area contributed by atoms with Gasteiger partial charge in [-0.1, -0.05) is 29.8 Å². The normalized spacial score (nSPS) is 11.7. The predicted molar refractivity (Wildman–Crippen MR) is 85.2 cm³/mol. The van der Waals surface area contributed by atoms with E-state index in [1.807, 2.05) is 0 Å². The van der Waals surface area contributed by atoms with Crippen LogP contribution in [-0.4, -0.2) is 22.2 Å². The van der Waals surface area contributed by atoms with Crippen LogP contribution in [0.1, 0.15) is 34.3 Å². The van der Waals surface area contributed by atoms with Crippen LogP contribution in [0.4, 0.5) is 0 Å². The molecule has 0 radical (unpaired) electrons. The third-order valence-corrected chi connectivity index (χ3v) is 3.66. The molecular formula is C17H15ClO5. The molecule has 2 N–H and O–H groups in total. The van der Waals surface area contributed by atoms with E-state index in [4.69, 9.17) is 21.4 Å². The fourth-order valence-corrected chi connectivity index (χ4v) is 2.22. The minimum Gasteiger partial charge on any atom is -0.489 e. The Kier molecular flexibility index (Phi) is 5.24. The molecule has 0 aliphatic rings. The largest absolute Gasteiger partial charge is 0.489 e. The summed E-state index contributed by atoms with van der Waals surface area (Å²) >= 11 is 5.80. The molecule has 0 aliphatic heterocycles. The van der Waals surface area contributed by atoms with Crippen molar-refractivity contribution in [2.45, 2.75) is 19.4 Å². The first-order valence-electron chi connectivity index (χ1n) is 6.85. The topological polar surface area (TPSA) is 83.8 Å². The Morgan fingerprint density at radius 3 is 2.57 bits per heavy atom. The quantitative estimate of drug-likeness (QED) is 0.839. The van der Waals surface area contributed by atoms with Crippen molar-refractivity contribution in [1.82, 2.24) is 0 Å². The average Bonchev–Trinajstić information content (AvgIpc) is 2.53. The van der Waals surface area contributed by atoms with Crippen LogP contribution in [0.3, 0.4) is 0 Å². The van der Waals surface area contributed by atoms with E-state index < -0.39 is 17.9 Å². The lowest BCUT2D eigenvalue weighted by Crippen LogP contribution is -2.08. The minimum atomic E-state index is -1.08. The zero-order chi connectivity index (χ0) is 17.0. The fraction of sp³-hybridized carbons (Fsp3) is 0.176. The molecule has 5 nitrogen and oxygen atoms in total.